The summed E-state index contributed by atoms with van der Waals surface area (Å²) in [6.45, 7) is 10.0. The Morgan fingerprint density at radius 2 is 2.10 bits per heavy atom. The number of nitrogens with two attached hydrogens (primary N) is 1. The van der Waals surface area contributed by atoms with Gasteiger partial charge in [0.25, 0.3) is 0 Å². The molecule has 1 fully saturated rings. The number of nitrogens with zero attached hydrogens (tertiary/aromatic N) is 5. The van der Waals surface area contributed by atoms with E-state index in [2.05, 4.69) is 31.4 Å². The van der Waals surface area contributed by atoms with Crippen molar-refractivity contribution < 1.29 is 5.21 Å². The lowest BCUT2D eigenvalue weighted by Gasteiger charge is -2.38. The number of amidine groups is 1. The molecule has 0 spiro atoms. The second kappa shape index (κ2) is 7.42. The molecule has 1 atom stereocenters. The van der Waals surface area contributed by atoms with Crippen LogP contribution in [0.2, 0.25) is 0 Å². The Labute approximate surface area is 126 Å². The van der Waals surface area contributed by atoms with Gasteiger partial charge in [-0.25, -0.2) is 4.98 Å². The zero-order valence-electron chi connectivity index (χ0n) is 12.9. The lowest BCUT2D eigenvalue weighted by Crippen LogP contribution is -2.54. The maximum Gasteiger partial charge on any atom is 0.156 e. The quantitative estimate of drug-likeness (QED) is 0.342. The van der Waals surface area contributed by atoms with Gasteiger partial charge >= 0.3 is 0 Å². The van der Waals surface area contributed by atoms with Gasteiger partial charge in [-0.2, -0.15) is 0 Å². The SMILES string of the molecule is CCC(C(N)=NO)N1CCN(CCn2ccnc2C)CC1. The van der Waals surface area contributed by atoms with Crippen LogP contribution in [0.1, 0.15) is 19.2 Å². The van der Waals surface area contributed by atoms with Gasteiger partial charge in [-0.1, -0.05) is 12.1 Å². The van der Waals surface area contributed by atoms with E-state index in [0.29, 0.717) is 5.84 Å². The molecule has 1 aromatic heterocycles. The second-order valence-electron chi connectivity index (χ2n) is 5.49. The molecular weight excluding hydrogens is 268 g/mol. The standard InChI is InChI=1S/C14H26N6O/c1-3-13(14(15)17-21)20-10-7-18(8-11-20)6-9-19-5-4-16-12(19)2/h4-5,13,21H,3,6-11H2,1-2H3,(H2,15,17). The minimum absolute atomic E-state index is 0.0491. The highest BCUT2D eigenvalue weighted by atomic mass is 16.4. The Bertz CT molecular complexity index is 464. The first-order chi connectivity index (χ1) is 10.2. The molecule has 3 N–H and O–H groups in total. The van der Waals surface area contributed by atoms with Crippen molar-refractivity contribution in [3.63, 3.8) is 0 Å². The van der Waals surface area contributed by atoms with Gasteiger partial charge in [-0.05, 0) is 13.3 Å². The molecule has 1 aromatic rings. The van der Waals surface area contributed by atoms with Crippen LogP contribution in [0.5, 0.6) is 0 Å². The van der Waals surface area contributed by atoms with Crippen molar-refractivity contribution in [1.29, 1.82) is 0 Å². The molecule has 7 heteroatoms. The van der Waals surface area contributed by atoms with Gasteiger partial charge in [0.1, 0.15) is 5.82 Å². The number of hydrogen-bond donors (Lipinski definition) is 2. The molecule has 1 saturated heterocycles. The number of aromatic nitrogens is 2. The molecule has 0 aromatic carbocycles. The number of hydrogen-bond acceptors (Lipinski definition) is 5. The fourth-order valence-electron chi connectivity index (χ4n) is 2.91. The van der Waals surface area contributed by atoms with E-state index in [1.54, 1.807) is 0 Å². The summed E-state index contributed by atoms with van der Waals surface area (Å²) in [6.07, 6.45) is 4.73. The molecule has 21 heavy (non-hydrogen) atoms. The van der Waals surface area contributed by atoms with Gasteiger partial charge in [-0.3, -0.25) is 9.80 Å². The highest BCUT2D eigenvalue weighted by Crippen LogP contribution is 2.10. The van der Waals surface area contributed by atoms with Crippen LogP contribution >= 0.6 is 0 Å². The summed E-state index contributed by atoms with van der Waals surface area (Å²) >= 11 is 0. The van der Waals surface area contributed by atoms with Gasteiger partial charge < -0.3 is 15.5 Å². The van der Waals surface area contributed by atoms with Gasteiger partial charge in [0.15, 0.2) is 5.84 Å². The van der Waals surface area contributed by atoms with E-state index in [1.807, 2.05) is 19.3 Å². The van der Waals surface area contributed by atoms with E-state index in [9.17, 15) is 0 Å². The summed E-state index contributed by atoms with van der Waals surface area (Å²) in [4.78, 5) is 8.99. The van der Waals surface area contributed by atoms with Crippen molar-refractivity contribution in [1.82, 2.24) is 19.4 Å². The fourth-order valence-corrected chi connectivity index (χ4v) is 2.91. The largest absolute Gasteiger partial charge is 0.409 e. The van der Waals surface area contributed by atoms with Crippen LogP contribution in [-0.2, 0) is 6.54 Å². The Morgan fingerprint density at radius 3 is 2.62 bits per heavy atom. The summed E-state index contributed by atoms with van der Waals surface area (Å²) in [5, 5.41) is 12.0. The molecule has 0 radical (unpaired) electrons. The van der Waals surface area contributed by atoms with Crippen LogP contribution in [-0.4, -0.2) is 69.2 Å². The zero-order valence-corrected chi connectivity index (χ0v) is 12.9. The van der Waals surface area contributed by atoms with Gasteiger partial charge in [0, 0.05) is 51.7 Å². The molecule has 0 bridgehead atoms. The third-order valence-corrected chi connectivity index (χ3v) is 4.27. The lowest BCUT2D eigenvalue weighted by atomic mass is 10.1. The highest BCUT2D eigenvalue weighted by molar-refractivity contribution is 5.85. The Morgan fingerprint density at radius 1 is 1.38 bits per heavy atom. The van der Waals surface area contributed by atoms with Gasteiger partial charge in [0.05, 0.1) is 6.04 Å². The van der Waals surface area contributed by atoms with Crippen molar-refractivity contribution in [2.24, 2.45) is 10.9 Å². The summed E-state index contributed by atoms with van der Waals surface area (Å²) in [6, 6.07) is 0.0491. The minimum atomic E-state index is 0.0491. The predicted octanol–water partition coefficient (Wildman–Crippen LogP) is 0.334. The third kappa shape index (κ3) is 3.95. The van der Waals surface area contributed by atoms with Crippen LogP contribution in [0.3, 0.4) is 0 Å². The van der Waals surface area contributed by atoms with Crippen molar-refractivity contribution in [2.75, 3.05) is 32.7 Å². The van der Waals surface area contributed by atoms with Crippen molar-refractivity contribution in [3.8, 4) is 0 Å². The van der Waals surface area contributed by atoms with E-state index in [0.717, 1.165) is 51.5 Å². The van der Waals surface area contributed by atoms with Crippen molar-refractivity contribution in [2.45, 2.75) is 32.9 Å². The second-order valence-corrected chi connectivity index (χ2v) is 5.49. The van der Waals surface area contributed by atoms with E-state index < -0.39 is 0 Å². The van der Waals surface area contributed by atoms with E-state index in [4.69, 9.17) is 10.9 Å². The monoisotopic (exact) mass is 294 g/mol. The molecule has 7 nitrogen and oxygen atoms in total. The van der Waals surface area contributed by atoms with E-state index >= 15 is 0 Å². The number of piperazine rings is 1. The number of aryl methyl sites for hydroxylation is 1. The molecule has 0 amide bonds. The Balaban J connectivity index is 1.79. The smallest absolute Gasteiger partial charge is 0.156 e. The van der Waals surface area contributed by atoms with Crippen LogP contribution in [0.4, 0.5) is 0 Å². The molecule has 1 unspecified atom stereocenters. The first kappa shape index (κ1) is 15.8. The predicted molar refractivity (Wildman–Crippen MR) is 82.5 cm³/mol. The maximum atomic E-state index is 8.85. The van der Waals surface area contributed by atoms with Crippen LogP contribution in [0.25, 0.3) is 0 Å². The van der Waals surface area contributed by atoms with Gasteiger partial charge in [0.2, 0.25) is 0 Å². The molecule has 2 rings (SSSR count). The van der Waals surface area contributed by atoms with Gasteiger partial charge in [-0.15, -0.1) is 0 Å². The summed E-state index contributed by atoms with van der Waals surface area (Å²) < 4.78 is 2.18. The zero-order chi connectivity index (χ0) is 15.2. The fraction of sp³-hybridized carbons (Fsp3) is 0.714. The van der Waals surface area contributed by atoms with Crippen molar-refractivity contribution >= 4 is 5.84 Å². The average molecular weight is 294 g/mol. The van der Waals surface area contributed by atoms with Crippen molar-refractivity contribution in [3.05, 3.63) is 18.2 Å². The highest BCUT2D eigenvalue weighted by Gasteiger charge is 2.25. The van der Waals surface area contributed by atoms with E-state index in [1.165, 1.54) is 0 Å². The maximum absolute atomic E-state index is 8.85. The summed E-state index contributed by atoms with van der Waals surface area (Å²) in [5.41, 5.74) is 5.77. The summed E-state index contributed by atoms with van der Waals surface area (Å²) in [7, 11) is 0. The summed E-state index contributed by atoms with van der Waals surface area (Å²) in [5.74, 6) is 1.38. The first-order valence-electron chi connectivity index (χ1n) is 7.57. The normalized spacial score (nSPS) is 19.8. The average Bonchev–Trinajstić information content (AvgIpc) is 2.92. The topological polar surface area (TPSA) is 82.9 Å². The number of rotatable bonds is 6. The Hall–Kier alpha value is -1.60. The molecule has 118 valence electrons. The lowest BCUT2D eigenvalue weighted by molar-refractivity contribution is 0.111. The third-order valence-electron chi connectivity index (χ3n) is 4.27. The molecule has 2 heterocycles. The van der Waals surface area contributed by atoms with E-state index in [-0.39, 0.29) is 6.04 Å². The number of oxime groups is 1. The minimum Gasteiger partial charge on any atom is -0.409 e. The Kier molecular flexibility index (Phi) is 5.58. The molecule has 1 aliphatic heterocycles. The molecule has 1 aliphatic rings. The van der Waals surface area contributed by atoms with Crippen LogP contribution in [0.15, 0.2) is 17.5 Å². The molecular formula is C14H26N6O. The number of imidazole rings is 1. The first-order valence-corrected chi connectivity index (χ1v) is 7.57. The van der Waals surface area contributed by atoms with Crippen LogP contribution < -0.4 is 5.73 Å². The molecule has 0 aliphatic carbocycles. The van der Waals surface area contributed by atoms with Crippen LogP contribution in [0, 0.1) is 6.92 Å². The molecule has 0 saturated carbocycles.